The third-order valence-electron chi connectivity index (χ3n) is 4.35. The minimum Gasteiger partial charge on any atom is -0.447 e. The molecule has 4 rings (SSSR count). The van der Waals surface area contributed by atoms with E-state index < -0.39 is 24.4 Å². The highest BCUT2D eigenvalue weighted by Gasteiger charge is 2.25. The lowest BCUT2D eigenvalue weighted by molar-refractivity contribution is 0.181. The number of nitrogens with zero attached hydrogens (tertiary/aromatic N) is 3. The average molecular weight is 404 g/mol. The Morgan fingerprint density at radius 3 is 2.93 bits per heavy atom. The topological polar surface area (TPSA) is 100 Å². The maximum Gasteiger partial charge on any atom is 0.415 e. The van der Waals surface area contributed by atoms with Gasteiger partial charge < -0.3 is 15.0 Å². The first-order valence-corrected chi connectivity index (χ1v) is 8.85. The number of benzene rings is 1. The number of rotatable bonds is 5. The van der Waals surface area contributed by atoms with Gasteiger partial charge in [-0.15, -0.1) is 0 Å². The quantitative estimate of drug-likeness (QED) is 0.679. The molecule has 28 heavy (non-hydrogen) atoms. The lowest BCUT2D eigenvalue weighted by atomic mass is 10.1. The van der Waals surface area contributed by atoms with Crippen LogP contribution in [0.25, 0.3) is 10.9 Å². The number of hydrogen-bond donors (Lipinski definition) is 2. The van der Waals surface area contributed by atoms with E-state index >= 15 is 0 Å². The molecule has 0 bridgehead atoms. The summed E-state index contributed by atoms with van der Waals surface area (Å²) >= 11 is 6.00. The van der Waals surface area contributed by atoms with E-state index in [0.717, 1.165) is 0 Å². The van der Waals surface area contributed by atoms with Gasteiger partial charge in [-0.25, -0.2) is 14.2 Å². The summed E-state index contributed by atoms with van der Waals surface area (Å²) in [5.74, 6) is 0.419. The first-order valence-electron chi connectivity index (χ1n) is 8.47. The summed E-state index contributed by atoms with van der Waals surface area (Å²) in [5.41, 5.74) is 0.359. The zero-order valence-electron chi connectivity index (χ0n) is 14.5. The second kappa shape index (κ2) is 7.43. The molecule has 1 atom stereocenters. The molecule has 2 aromatic heterocycles. The molecule has 1 amide bonds. The van der Waals surface area contributed by atoms with Crippen LogP contribution in [0.5, 0.6) is 0 Å². The van der Waals surface area contributed by atoms with Crippen molar-refractivity contribution in [3.05, 3.63) is 57.5 Å². The van der Waals surface area contributed by atoms with E-state index in [2.05, 4.69) is 20.3 Å². The van der Waals surface area contributed by atoms with Gasteiger partial charge in [-0.05, 0) is 30.3 Å². The van der Waals surface area contributed by atoms with Crippen molar-refractivity contribution in [2.24, 2.45) is 0 Å². The van der Waals surface area contributed by atoms with E-state index in [-0.39, 0.29) is 18.1 Å². The van der Waals surface area contributed by atoms with Crippen LogP contribution < -0.4 is 15.8 Å². The second-order valence-electron chi connectivity index (χ2n) is 6.14. The first-order chi connectivity index (χ1) is 13.5. The molecule has 1 aliphatic rings. The number of alkyl halides is 1. The Balaban J connectivity index is 1.65. The van der Waals surface area contributed by atoms with Crippen molar-refractivity contribution in [2.75, 3.05) is 30.0 Å². The summed E-state index contributed by atoms with van der Waals surface area (Å²) in [5, 5.41) is 4.00. The maximum absolute atomic E-state index is 13.8. The predicted molar refractivity (Wildman–Crippen MR) is 103 cm³/mol. The molecular weight excluding hydrogens is 389 g/mol. The number of halogens is 2. The Morgan fingerprint density at radius 1 is 1.32 bits per heavy atom. The lowest BCUT2D eigenvalue weighted by Gasteiger charge is -2.17. The van der Waals surface area contributed by atoms with Crippen LogP contribution in [0.4, 0.5) is 21.0 Å². The number of aromatic amines is 1. The molecule has 0 spiro atoms. The van der Waals surface area contributed by atoms with Crippen LogP contribution in [0.1, 0.15) is 11.6 Å². The van der Waals surface area contributed by atoms with Crippen LogP contribution in [0.15, 0.2) is 41.3 Å². The lowest BCUT2D eigenvalue weighted by Crippen LogP contribution is -2.26. The number of carbonyl (C=O) groups excluding carboxylic acids is 1. The molecular formula is C18H15ClFN5O3. The van der Waals surface area contributed by atoms with Gasteiger partial charge in [0.2, 0.25) is 5.95 Å². The molecule has 144 valence electrons. The van der Waals surface area contributed by atoms with E-state index in [1.165, 1.54) is 11.1 Å². The molecule has 1 saturated heterocycles. The molecule has 3 aromatic rings. The molecule has 1 unspecified atom stereocenters. The number of ether oxygens (including phenoxy) is 1. The fraction of sp³-hybridized carbons (Fsp3) is 0.222. The zero-order chi connectivity index (χ0) is 19.7. The van der Waals surface area contributed by atoms with Crippen molar-refractivity contribution in [1.82, 2.24) is 15.0 Å². The Hall–Kier alpha value is -3.20. The fourth-order valence-electron chi connectivity index (χ4n) is 2.98. The van der Waals surface area contributed by atoms with Gasteiger partial charge in [0, 0.05) is 27.7 Å². The molecule has 0 radical (unpaired) electrons. The van der Waals surface area contributed by atoms with Gasteiger partial charge in [0.05, 0.1) is 12.6 Å². The van der Waals surface area contributed by atoms with Gasteiger partial charge in [-0.3, -0.25) is 9.69 Å². The number of carbonyl (C=O) groups is 1. The summed E-state index contributed by atoms with van der Waals surface area (Å²) in [6.07, 6.45) is 0.935. The van der Waals surface area contributed by atoms with Gasteiger partial charge in [0.25, 0.3) is 5.56 Å². The highest BCUT2D eigenvalue weighted by molar-refractivity contribution is 6.31. The third kappa shape index (κ3) is 3.48. The van der Waals surface area contributed by atoms with Crippen molar-refractivity contribution in [1.29, 1.82) is 0 Å². The highest BCUT2D eigenvalue weighted by Crippen LogP contribution is 2.23. The van der Waals surface area contributed by atoms with Gasteiger partial charge >= 0.3 is 6.09 Å². The van der Waals surface area contributed by atoms with Crippen LogP contribution in [-0.2, 0) is 4.74 Å². The maximum atomic E-state index is 13.8. The highest BCUT2D eigenvalue weighted by atomic mass is 35.5. The van der Waals surface area contributed by atoms with Crippen LogP contribution in [0, 0.1) is 0 Å². The van der Waals surface area contributed by atoms with Crippen molar-refractivity contribution >= 4 is 40.4 Å². The number of cyclic esters (lactones) is 1. The molecule has 3 heterocycles. The molecule has 8 nitrogen and oxygen atoms in total. The normalized spacial score (nSPS) is 14.9. The van der Waals surface area contributed by atoms with Gasteiger partial charge in [-0.1, -0.05) is 11.6 Å². The van der Waals surface area contributed by atoms with Gasteiger partial charge in [0.15, 0.2) is 0 Å². The number of hydrogen-bond acceptors (Lipinski definition) is 6. The van der Waals surface area contributed by atoms with E-state index in [1.54, 1.807) is 30.3 Å². The number of H-pyrrole nitrogens is 1. The average Bonchev–Trinajstić information content (AvgIpc) is 3.12. The fourth-order valence-corrected chi connectivity index (χ4v) is 3.16. The number of nitrogens with one attached hydrogen (secondary N) is 2. The van der Waals surface area contributed by atoms with Crippen molar-refractivity contribution in [3.8, 4) is 0 Å². The van der Waals surface area contributed by atoms with E-state index in [1.807, 2.05) is 0 Å². The minimum absolute atomic E-state index is 0.0884. The number of fused-ring (bicyclic) bond motifs is 1. The third-order valence-corrected chi connectivity index (χ3v) is 4.58. The number of aromatic nitrogens is 3. The van der Waals surface area contributed by atoms with Crippen molar-refractivity contribution in [2.45, 2.75) is 6.04 Å². The number of pyridine rings is 1. The molecule has 1 aromatic carbocycles. The molecule has 2 N–H and O–H groups in total. The zero-order valence-corrected chi connectivity index (χ0v) is 15.2. The smallest absolute Gasteiger partial charge is 0.415 e. The Kier molecular flexibility index (Phi) is 4.82. The summed E-state index contributed by atoms with van der Waals surface area (Å²) in [4.78, 5) is 36.5. The SMILES string of the molecule is O=C1OCCN1c1ccnc(NC(CF)c2cc3cc(Cl)ccc3[nH]c2=O)n1. The summed E-state index contributed by atoms with van der Waals surface area (Å²) in [6, 6.07) is 7.18. The van der Waals surface area contributed by atoms with E-state index in [9.17, 15) is 14.0 Å². The molecule has 1 aliphatic heterocycles. The standard InChI is InChI=1S/C18H15ClFN5O3/c19-11-1-2-13-10(7-11)8-12(16(26)22-13)14(9-20)23-17-21-4-3-15(24-17)25-5-6-28-18(25)27/h1-4,7-8,14H,5-6,9H2,(H,22,26)(H,21,23,24). The first kappa shape index (κ1) is 18.2. The van der Waals surface area contributed by atoms with Crippen molar-refractivity contribution < 1.29 is 13.9 Å². The van der Waals surface area contributed by atoms with Crippen LogP contribution >= 0.6 is 11.6 Å². The van der Waals surface area contributed by atoms with Crippen LogP contribution in [-0.4, -0.2) is 40.9 Å². The Morgan fingerprint density at radius 2 is 2.18 bits per heavy atom. The molecule has 1 fully saturated rings. The molecule has 10 heteroatoms. The summed E-state index contributed by atoms with van der Waals surface area (Å²) in [6.45, 7) is -0.227. The summed E-state index contributed by atoms with van der Waals surface area (Å²) in [7, 11) is 0. The predicted octanol–water partition coefficient (Wildman–Crippen LogP) is 3.05. The minimum atomic E-state index is -0.979. The molecule has 0 saturated carbocycles. The Labute approximate surface area is 163 Å². The van der Waals surface area contributed by atoms with Gasteiger partial charge in [-0.2, -0.15) is 4.98 Å². The largest absolute Gasteiger partial charge is 0.447 e. The van der Waals surface area contributed by atoms with Crippen LogP contribution in [0.2, 0.25) is 5.02 Å². The second-order valence-corrected chi connectivity index (χ2v) is 6.58. The monoisotopic (exact) mass is 403 g/mol. The number of anilines is 2. The summed E-state index contributed by atoms with van der Waals surface area (Å²) < 4.78 is 18.7. The Bertz CT molecular complexity index is 1110. The molecule has 0 aliphatic carbocycles. The van der Waals surface area contributed by atoms with Gasteiger partial charge in [0.1, 0.15) is 19.1 Å². The number of amides is 1. The van der Waals surface area contributed by atoms with Crippen molar-refractivity contribution in [3.63, 3.8) is 0 Å². The van der Waals surface area contributed by atoms with Crippen LogP contribution in [0.3, 0.4) is 0 Å². The van der Waals surface area contributed by atoms with E-state index in [0.29, 0.717) is 28.3 Å². The van der Waals surface area contributed by atoms with E-state index in [4.69, 9.17) is 16.3 Å².